The predicted octanol–water partition coefficient (Wildman–Crippen LogP) is -3.81. The van der Waals surface area contributed by atoms with Gasteiger partial charge in [-0.1, -0.05) is 52.0 Å². The molecule has 0 aliphatic rings. The Morgan fingerprint density at radius 2 is 0.797 bits per heavy atom. The SMILES string of the molecule is CC(C)C[C@H](NC(=O)[C@H](CCC(N)=O)NC(=O)[C@H](Cc1ccc(O)cc1)NC(=O)[C@H](CC(C)C)NC(=O)[C@@H](N)CO)C(=O)N[C@@H](CCC(=O)O)C(=O)N[C@@H](CC(N)=O)C(=O)N[C@@H](Cc1ccc(O)cc1)C(=O)N[C@@H](CS)C(=O)O. The monoisotopic (exact) mass is 1130 g/mol. The summed E-state index contributed by atoms with van der Waals surface area (Å²) in [5, 5.41) is 67.4. The molecule has 29 heteroatoms. The van der Waals surface area contributed by atoms with Crippen LogP contribution in [0.5, 0.6) is 11.5 Å². The van der Waals surface area contributed by atoms with E-state index in [4.69, 9.17) is 17.2 Å². The summed E-state index contributed by atoms with van der Waals surface area (Å²) in [7, 11) is 0. The van der Waals surface area contributed by atoms with Crippen LogP contribution in [0.15, 0.2) is 48.5 Å². The van der Waals surface area contributed by atoms with E-state index in [0.717, 1.165) is 0 Å². The minimum atomic E-state index is -1.91. The molecule has 0 aromatic heterocycles. The average Bonchev–Trinajstić information content (AvgIpc) is 3.36. The van der Waals surface area contributed by atoms with Gasteiger partial charge in [0.15, 0.2) is 0 Å². The number of aliphatic carboxylic acids is 2. The fraction of sp³-hybridized carbons (Fsp3) is 0.520. The minimum absolute atomic E-state index is 0.0486. The van der Waals surface area contributed by atoms with E-state index in [0.29, 0.717) is 11.1 Å². The number of aromatic hydroxyl groups is 2. The smallest absolute Gasteiger partial charge is 0.327 e. The molecule has 79 heavy (non-hydrogen) atoms. The zero-order valence-electron chi connectivity index (χ0n) is 44.1. The standard InChI is InChI=1S/C50H73N11O17S/c1-24(2)17-33(56-42(69)30(51)22-62)46(73)58-35(19-26-5-9-28(63)10-6-26)47(74)54-31(13-15-39(52)65)43(70)57-34(18-25(3)4)45(72)55-32(14-16-41(67)68)44(71)60-37(21-40(53)66)49(76)59-36(20-27-7-11-29(64)12-8-27)48(75)61-38(23-79)50(77)78/h5-12,24-25,30-38,62-64,79H,13-23,51H2,1-4H3,(H2,52,65)(H2,53,66)(H,54,74)(H,55,72)(H,56,69)(H,57,70)(H,58,73)(H,59,76)(H,60,71)(H,61,75)(H,67,68)(H,77,78)/t30-,31-,32-,33-,34-,35-,36-,37-,38-/m0/s1. The maximum absolute atomic E-state index is 14.3. The number of phenols is 2. The van der Waals surface area contributed by atoms with Crippen molar-refractivity contribution in [2.75, 3.05) is 12.4 Å². The fourth-order valence-electron chi connectivity index (χ4n) is 7.52. The second-order valence-corrected chi connectivity index (χ2v) is 19.8. The number of thiol groups is 1. The Balaban J connectivity index is 2.53. The van der Waals surface area contributed by atoms with E-state index in [2.05, 4.69) is 55.2 Å². The van der Waals surface area contributed by atoms with Gasteiger partial charge >= 0.3 is 11.9 Å². The average molecular weight is 1130 g/mol. The maximum Gasteiger partial charge on any atom is 0.327 e. The van der Waals surface area contributed by atoms with Crippen LogP contribution < -0.4 is 59.7 Å². The Labute approximate surface area is 460 Å². The molecule has 0 aliphatic heterocycles. The van der Waals surface area contributed by atoms with Gasteiger partial charge in [0.25, 0.3) is 0 Å². The molecular formula is C50H73N11O17S. The highest BCUT2D eigenvalue weighted by Gasteiger charge is 2.36. The van der Waals surface area contributed by atoms with E-state index in [1.165, 1.54) is 48.5 Å². The lowest BCUT2D eigenvalue weighted by Gasteiger charge is -2.28. The third-order valence-electron chi connectivity index (χ3n) is 11.7. The number of carbonyl (C=O) groups is 12. The largest absolute Gasteiger partial charge is 0.508 e. The number of primary amides is 2. The number of phenolic OH excluding ortho intramolecular Hbond substituents is 2. The third-order valence-corrected chi connectivity index (χ3v) is 12.0. The lowest BCUT2D eigenvalue weighted by atomic mass is 9.99. The third kappa shape index (κ3) is 24.9. The Morgan fingerprint density at radius 3 is 1.15 bits per heavy atom. The predicted molar refractivity (Wildman–Crippen MR) is 284 cm³/mol. The summed E-state index contributed by atoms with van der Waals surface area (Å²) in [4.78, 5) is 158. The number of nitrogens with one attached hydrogen (secondary N) is 8. The van der Waals surface area contributed by atoms with Crippen molar-refractivity contribution in [3.05, 3.63) is 59.7 Å². The van der Waals surface area contributed by atoms with Gasteiger partial charge in [-0.3, -0.25) is 52.7 Å². The number of rotatable bonds is 35. The minimum Gasteiger partial charge on any atom is -0.508 e. The van der Waals surface area contributed by atoms with Crippen LogP contribution in [0.25, 0.3) is 0 Å². The summed E-state index contributed by atoms with van der Waals surface area (Å²) < 4.78 is 0. The van der Waals surface area contributed by atoms with Gasteiger partial charge in [0, 0.05) is 31.4 Å². The maximum atomic E-state index is 14.3. The quantitative estimate of drug-likeness (QED) is 0.0294. The lowest BCUT2D eigenvalue weighted by molar-refractivity contribution is -0.142. The number of hydrogen-bond donors (Lipinski definition) is 17. The number of amides is 10. The number of aliphatic hydroxyl groups excluding tert-OH is 1. The fourth-order valence-corrected chi connectivity index (χ4v) is 7.76. The molecule has 2 aromatic rings. The molecule has 19 N–H and O–H groups in total. The van der Waals surface area contributed by atoms with E-state index in [-0.39, 0.29) is 48.9 Å². The summed E-state index contributed by atoms with van der Waals surface area (Å²) >= 11 is 3.94. The van der Waals surface area contributed by atoms with Crippen LogP contribution >= 0.6 is 12.6 Å². The van der Waals surface area contributed by atoms with Gasteiger partial charge in [0.2, 0.25) is 59.1 Å². The van der Waals surface area contributed by atoms with Crippen LogP contribution in [-0.2, 0) is 70.4 Å². The van der Waals surface area contributed by atoms with Crippen LogP contribution in [0.4, 0.5) is 0 Å². The molecule has 9 atom stereocenters. The molecule has 0 radical (unpaired) electrons. The van der Waals surface area contributed by atoms with Crippen molar-refractivity contribution in [1.29, 1.82) is 0 Å². The van der Waals surface area contributed by atoms with Crippen molar-refractivity contribution in [2.45, 2.75) is 140 Å². The van der Waals surface area contributed by atoms with Crippen LogP contribution in [-0.4, -0.2) is 163 Å². The topological polar surface area (TPSA) is 480 Å². The van der Waals surface area contributed by atoms with Gasteiger partial charge in [0.05, 0.1) is 13.0 Å². The molecule has 0 spiro atoms. The number of aliphatic hydroxyl groups is 1. The first kappa shape index (κ1) is 67.1. The Kier molecular flexibility index (Phi) is 28.3. The highest BCUT2D eigenvalue weighted by atomic mass is 32.1. The lowest BCUT2D eigenvalue weighted by Crippen LogP contribution is -2.61. The van der Waals surface area contributed by atoms with Crippen molar-refractivity contribution >= 4 is 83.6 Å². The van der Waals surface area contributed by atoms with Gasteiger partial charge in [-0.05, 0) is 72.9 Å². The zero-order valence-corrected chi connectivity index (χ0v) is 45.0. The van der Waals surface area contributed by atoms with Gasteiger partial charge in [-0.2, -0.15) is 12.6 Å². The molecule has 0 aliphatic carbocycles. The molecule has 0 unspecified atom stereocenters. The molecule has 28 nitrogen and oxygen atoms in total. The van der Waals surface area contributed by atoms with E-state index in [9.17, 15) is 83.1 Å². The highest BCUT2D eigenvalue weighted by molar-refractivity contribution is 7.80. The summed E-state index contributed by atoms with van der Waals surface area (Å²) in [6, 6.07) is -3.41. The van der Waals surface area contributed by atoms with E-state index in [1.54, 1.807) is 27.7 Å². The van der Waals surface area contributed by atoms with Crippen molar-refractivity contribution in [3.8, 4) is 11.5 Å². The molecule has 0 fully saturated rings. The molecule has 0 heterocycles. The summed E-state index contributed by atoms with van der Waals surface area (Å²) in [6.07, 6.45) is -4.00. The van der Waals surface area contributed by atoms with E-state index in [1.807, 2.05) is 0 Å². The summed E-state index contributed by atoms with van der Waals surface area (Å²) in [5.41, 5.74) is 17.3. The van der Waals surface area contributed by atoms with Gasteiger partial charge in [-0.15, -0.1) is 0 Å². The number of carbonyl (C=O) groups excluding carboxylic acids is 10. The molecule has 10 amide bonds. The Hall–Kier alpha value is -8.05. The molecular weight excluding hydrogens is 1060 g/mol. The number of benzene rings is 2. The summed E-state index contributed by atoms with van der Waals surface area (Å²) in [5.74, 6) is -14.6. The van der Waals surface area contributed by atoms with Crippen LogP contribution in [0.2, 0.25) is 0 Å². The number of carboxylic acid groups (broad SMARTS) is 2. The first-order chi connectivity index (χ1) is 37.0. The van der Waals surface area contributed by atoms with Crippen LogP contribution in [0.3, 0.4) is 0 Å². The molecule has 0 bridgehead atoms. The van der Waals surface area contributed by atoms with E-state index < -0.39 is 170 Å². The Morgan fingerprint density at radius 1 is 0.468 bits per heavy atom. The van der Waals surface area contributed by atoms with Crippen molar-refractivity contribution in [1.82, 2.24) is 42.5 Å². The van der Waals surface area contributed by atoms with Gasteiger partial charge < -0.3 is 85.3 Å². The van der Waals surface area contributed by atoms with Gasteiger partial charge in [0.1, 0.15) is 65.9 Å². The second kappa shape index (κ2) is 33.3. The number of hydrogen-bond acceptors (Lipinski definition) is 17. The van der Waals surface area contributed by atoms with Crippen molar-refractivity contribution < 1.29 is 83.1 Å². The van der Waals surface area contributed by atoms with E-state index >= 15 is 0 Å². The first-order valence-corrected chi connectivity index (χ1v) is 25.6. The van der Waals surface area contributed by atoms with Crippen LogP contribution in [0.1, 0.15) is 83.8 Å². The summed E-state index contributed by atoms with van der Waals surface area (Å²) in [6.45, 7) is 6.06. The molecule has 0 saturated carbocycles. The highest BCUT2D eigenvalue weighted by Crippen LogP contribution is 2.16. The van der Waals surface area contributed by atoms with Crippen molar-refractivity contribution in [2.24, 2.45) is 29.0 Å². The number of carboxylic acids is 2. The Bertz CT molecular complexity index is 2460. The number of nitrogens with two attached hydrogens (primary N) is 3. The molecule has 2 rings (SSSR count). The second-order valence-electron chi connectivity index (χ2n) is 19.4. The van der Waals surface area contributed by atoms with Crippen molar-refractivity contribution in [3.63, 3.8) is 0 Å². The normalized spacial score (nSPS) is 14.5. The molecule has 2 aromatic carbocycles. The van der Waals surface area contributed by atoms with Crippen LogP contribution in [0, 0.1) is 11.8 Å². The van der Waals surface area contributed by atoms with Gasteiger partial charge in [-0.25, -0.2) is 4.79 Å². The zero-order chi connectivity index (χ0) is 59.7. The molecule has 436 valence electrons. The first-order valence-electron chi connectivity index (χ1n) is 25.0. The molecule has 0 saturated heterocycles.